The highest BCUT2D eigenvalue weighted by atomic mass is 19.4. The van der Waals surface area contributed by atoms with E-state index in [4.69, 9.17) is 0 Å². The van der Waals surface area contributed by atoms with E-state index in [1.54, 1.807) is 18.2 Å². The molecule has 2 aromatic rings. The molecule has 128 valence electrons. The predicted octanol–water partition coefficient (Wildman–Crippen LogP) is 2.54. The van der Waals surface area contributed by atoms with E-state index in [0.717, 1.165) is 17.2 Å². The number of benzene rings is 1. The zero-order chi connectivity index (χ0) is 17.4. The maximum atomic E-state index is 12.6. The number of rotatable bonds is 4. The molecule has 3 rings (SSSR count). The molecule has 24 heavy (non-hydrogen) atoms. The van der Waals surface area contributed by atoms with Crippen molar-refractivity contribution in [2.45, 2.75) is 31.0 Å². The van der Waals surface area contributed by atoms with Gasteiger partial charge < -0.3 is 10.4 Å². The minimum atomic E-state index is -4.52. The molecule has 1 amide bonds. The van der Waals surface area contributed by atoms with Crippen LogP contribution in [0.3, 0.4) is 0 Å². The summed E-state index contributed by atoms with van der Waals surface area (Å²) >= 11 is 0. The van der Waals surface area contributed by atoms with Gasteiger partial charge in [-0.3, -0.25) is 4.79 Å². The number of carbonyl (C=O) groups excluding carboxylic acids is 1. The monoisotopic (exact) mass is 339 g/mol. The number of alkyl halides is 3. The number of nitrogens with zero attached hydrogens (tertiary/aromatic N) is 2. The highest BCUT2D eigenvalue weighted by Crippen LogP contribution is 2.30. The highest BCUT2D eigenvalue weighted by molar-refractivity contribution is 5.94. The minimum Gasteiger partial charge on any atom is -0.388 e. The van der Waals surface area contributed by atoms with E-state index in [9.17, 15) is 23.1 Å². The zero-order valence-electron chi connectivity index (χ0n) is 12.7. The summed E-state index contributed by atoms with van der Waals surface area (Å²) in [6.07, 6.45) is -1.08. The third-order valence-corrected chi connectivity index (χ3v) is 4.11. The van der Waals surface area contributed by atoms with Gasteiger partial charge in [0.05, 0.1) is 11.3 Å². The van der Waals surface area contributed by atoms with Gasteiger partial charge in [-0.25, -0.2) is 4.68 Å². The lowest BCUT2D eigenvalue weighted by atomic mass is 9.80. The third kappa shape index (κ3) is 3.43. The van der Waals surface area contributed by atoms with Crippen LogP contribution < -0.4 is 5.32 Å². The lowest BCUT2D eigenvalue weighted by Crippen LogP contribution is -2.47. The smallest absolute Gasteiger partial charge is 0.388 e. The molecule has 0 atom stereocenters. The van der Waals surface area contributed by atoms with Gasteiger partial charge in [0.25, 0.3) is 5.91 Å². The molecule has 1 aromatic carbocycles. The standard InChI is InChI=1S/C16H16F3N3O2/c17-16(18,19)13-5-8-22(21-13)12-4-1-3-11(9-12)14(23)20-10-15(24)6-2-7-15/h1,3-5,8-9,24H,2,6-7,10H2,(H,20,23). The summed E-state index contributed by atoms with van der Waals surface area (Å²) in [5, 5.41) is 16.1. The SMILES string of the molecule is O=C(NCC1(O)CCC1)c1cccc(-n2ccc(C(F)(F)F)n2)c1. The summed E-state index contributed by atoms with van der Waals surface area (Å²) in [7, 11) is 0. The predicted molar refractivity (Wildman–Crippen MR) is 79.7 cm³/mol. The Morgan fingerprint density at radius 3 is 2.67 bits per heavy atom. The number of halogens is 3. The van der Waals surface area contributed by atoms with E-state index in [0.29, 0.717) is 24.1 Å². The first-order valence-electron chi connectivity index (χ1n) is 7.51. The van der Waals surface area contributed by atoms with Crippen LogP contribution in [0.15, 0.2) is 36.5 Å². The Morgan fingerprint density at radius 2 is 2.08 bits per heavy atom. The molecule has 0 bridgehead atoms. The van der Waals surface area contributed by atoms with Crippen LogP contribution in [0, 0.1) is 0 Å². The first kappa shape index (κ1) is 16.5. The Morgan fingerprint density at radius 1 is 1.33 bits per heavy atom. The van der Waals surface area contributed by atoms with Crippen LogP contribution in [0.5, 0.6) is 0 Å². The molecule has 0 unspecified atom stereocenters. The van der Waals surface area contributed by atoms with Crippen LogP contribution in [0.1, 0.15) is 35.3 Å². The van der Waals surface area contributed by atoms with Crippen LogP contribution in [0.4, 0.5) is 13.2 Å². The van der Waals surface area contributed by atoms with Gasteiger partial charge in [0.2, 0.25) is 0 Å². The number of aromatic nitrogens is 2. The van der Waals surface area contributed by atoms with Crippen LogP contribution in [0.2, 0.25) is 0 Å². The summed E-state index contributed by atoms with van der Waals surface area (Å²) in [6.45, 7) is 0.163. The quantitative estimate of drug-likeness (QED) is 0.900. The van der Waals surface area contributed by atoms with Gasteiger partial charge in [-0.05, 0) is 43.5 Å². The zero-order valence-corrected chi connectivity index (χ0v) is 12.7. The molecule has 1 fully saturated rings. The Labute approximate surface area is 136 Å². The van der Waals surface area contributed by atoms with E-state index in [1.807, 2.05) is 0 Å². The number of nitrogens with one attached hydrogen (secondary N) is 1. The fourth-order valence-corrected chi connectivity index (χ4v) is 2.52. The molecule has 5 nitrogen and oxygen atoms in total. The number of hydrogen-bond donors (Lipinski definition) is 2. The summed E-state index contributed by atoms with van der Waals surface area (Å²) in [4.78, 5) is 12.1. The average Bonchev–Trinajstić information content (AvgIpc) is 3.01. The molecule has 8 heteroatoms. The molecule has 1 aliphatic rings. The largest absolute Gasteiger partial charge is 0.435 e. The van der Waals surface area contributed by atoms with E-state index in [-0.39, 0.29) is 12.5 Å². The van der Waals surface area contributed by atoms with Crippen LogP contribution in [-0.2, 0) is 6.18 Å². The van der Waals surface area contributed by atoms with Crippen molar-refractivity contribution in [1.82, 2.24) is 15.1 Å². The molecule has 1 heterocycles. The summed E-state index contributed by atoms with van der Waals surface area (Å²) < 4.78 is 38.9. The normalized spacial score (nSPS) is 16.5. The maximum Gasteiger partial charge on any atom is 0.435 e. The van der Waals surface area contributed by atoms with Crippen LogP contribution in [-0.4, -0.2) is 32.9 Å². The second-order valence-electron chi connectivity index (χ2n) is 5.95. The lowest BCUT2D eigenvalue weighted by Gasteiger charge is -2.36. The van der Waals surface area contributed by atoms with E-state index < -0.39 is 17.5 Å². The molecule has 0 spiro atoms. The molecule has 2 N–H and O–H groups in total. The molecule has 0 radical (unpaired) electrons. The van der Waals surface area contributed by atoms with Gasteiger partial charge in [0.15, 0.2) is 5.69 Å². The fourth-order valence-electron chi connectivity index (χ4n) is 2.52. The van der Waals surface area contributed by atoms with Gasteiger partial charge >= 0.3 is 6.18 Å². The Kier molecular flexibility index (Phi) is 4.08. The molecule has 1 saturated carbocycles. The van der Waals surface area contributed by atoms with Crippen molar-refractivity contribution in [1.29, 1.82) is 0 Å². The summed E-state index contributed by atoms with van der Waals surface area (Å²) in [5.74, 6) is -0.389. The summed E-state index contributed by atoms with van der Waals surface area (Å²) in [5.41, 5.74) is -1.19. The maximum absolute atomic E-state index is 12.6. The van der Waals surface area contributed by atoms with Gasteiger partial charge in [-0.2, -0.15) is 18.3 Å². The molecule has 1 aliphatic carbocycles. The van der Waals surface area contributed by atoms with Gasteiger partial charge in [-0.1, -0.05) is 6.07 Å². The van der Waals surface area contributed by atoms with E-state index >= 15 is 0 Å². The first-order chi connectivity index (χ1) is 11.3. The highest BCUT2D eigenvalue weighted by Gasteiger charge is 2.35. The average molecular weight is 339 g/mol. The number of amides is 1. The van der Waals surface area contributed by atoms with Gasteiger partial charge in [-0.15, -0.1) is 0 Å². The van der Waals surface area contributed by atoms with Crippen molar-refractivity contribution in [3.05, 3.63) is 47.8 Å². The topological polar surface area (TPSA) is 67.2 Å². The fraction of sp³-hybridized carbons (Fsp3) is 0.375. The lowest BCUT2D eigenvalue weighted by molar-refractivity contribution is -0.141. The van der Waals surface area contributed by atoms with Crippen LogP contribution >= 0.6 is 0 Å². The van der Waals surface area contributed by atoms with Crippen molar-refractivity contribution >= 4 is 5.91 Å². The van der Waals surface area contributed by atoms with Gasteiger partial charge in [0.1, 0.15) is 0 Å². The Balaban J connectivity index is 1.74. The molecule has 1 aromatic heterocycles. The first-order valence-corrected chi connectivity index (χ1v) is 7.51. The third-order valence-electron chi connectivity index (χ3n) is 4.11. The Hall–Kier alpha value is -2.35. The second-order valence-corrected chi connectivity index (χ2v) is 5.95. The van der Waals surface area contributed by atoms with Crippen molar-refractivity contribution in [2.24, 2.45) is 0 Å². The minimum absolute atomic E-state index is 0.163. The van der Waals surface area contributed by atoms with Gasteiger partial charge in [0, 0.05) is 18.3 Å². The van der Waals surface area contributed by atoms with E-state index in [2.05, 4.69) is 10.4 Å². The summed E-state index contributed by atoms with van der Waals surface area (Å²) in [6, 6.07) is 7.00. The Bertz CT molecular complexity index is 751. The number of carbonyl (C=O) groups is 1. The molecular formula is C16H16F3N3O2. The van der Waals surface area contributed by atoms with Crippen molar-refractivity contribution in [3.63, 3.8) is 0 Å². The van der Waals surface area contributed by atoms with Crippen molar-refractivity contribution < 1.29 is 23.1 Å². The van der Waals surface area contributed by atoms with Crippen LogP contribution in [0.25, 0.3) is 5.69 Å². The van der Waals surface area contributed by atoms with Crippen molar-refractivity contribution in [3.8, 4) is 5.69 Å². The molecule has 0 aliphatic heterocycles. The second kappa shape index (κ2) is 5.94. The number of aliphatic hydroxyl groups is 1. The number of hydrogen-bond acceptors (Lipinski definition) is 3. The molecule has 0 saturated heterocycles. The van der Waals surface area contributed by atoms with E-state index in [1.165, 1.54) is 12.3 Å². The van der Waals surface area contributed by atoms with Crippen molar-refractivity contribution in [2.75, 3.05) is 6.54 Å². The molecular weight excluding hydrogens is 323 g/mol.